The molecule has 1 aromatic carbocycles. The Morgan fingerprint density at radius 3 is 2.52 bits per heavy atom. The number of aromatic nitrogens is 3. The highest BCUT2D eigenvalue weighted by Crippen LogP contribution is 2.26. The highest BCUT2D eigenvalue weighted by Gasteiger charge is 2.09. The van der Waals surface area contributed by atoms with Crippen molar-refractivity contribution in [3.8, 4) is 0 Å². The van der Waals surface area contributed by atoms with Crippen LogP contribution in [0.5, 0.6) is 0 Å². The molecule has 7 heteroatoms. The molecule has 0 atom stereocenters. The fourth-order valence-corrected chi connectivity index (χ4v) is 3.22. The molecule has 3 rings (SSSR count). The zero-order valence-corrected chi connectivity index (χ0v) is 12.5. The summed E-state index contributed by atoms with van der Waals surface area (Å²) in [5.41, 5.74) is 12.5. The molecule has 2 heterocycles. The van der Waals surface area contributed by atoms with Gasteiger partial charge < -0.3 is 11.5 Å². The molecule has 108 valence electrons. The molecule has 0 radical (unpaired) electrons. The number of hydrogen-bond acceptors (Lipinski definition) is 7. The van der Waals surface area contributed by atoms with Crippen LogP contribution in [0.15, 0.2) is 29.6 Å². The van der Waals surface area contributed by atoms with Gasteiger partial charge in [-0.3, -0.25) is 4.90 Å². The van der Waals surface area contributed by atoms with Gasteiger partial charge in [0.15, 0.2) is 0 Å². The second kappa shape index (κ2) is 5.63. The average Bonchev–Trinajstić information content (AvgIpc) is 2.81. The van der Waals surface area contributed by atoms with Crippen LogP contribution in [-0.2, 0) is 13.1 Å². The first-order chi connectivity index (χ1) is 10.1. The lowest BCUT2D eigenvalue weighted by atomic mass is 10.2. The normalized spacial score (nSPS) is 11.3. The van der Waals surface area contributed by atoms with E-state index in [0.29, 0.717) is 12.4 Å². The molecule has 6 nitrogen and oxygen atoms in total. The smallest absolute Gasteiger partial charge is 0.225 e. The molecule has 0 saturated carbocycles. The standard InChI is InChI=1S/C14H16N6S/c1-20(7-12-17-13(15)19-14(16)18-12)6-9-8-21-11-5-3-2-4-10(9)11/h2-5,8H,6-7H2,1H3,(H4,15,16,17,18,19). The van der Waals surface area contributed by atoms with Gasteiger partial charge in [-0.2, -0.15) is 15.0 Å². The predicted octanol–water partition coefficient (Wildman–Crippen LogP) is 1.88. The van der Waals surface area contributed by atoms with Crippen molar-refractivity contribution in [2.45, 2.75) is 13.1 Å². The molecule has 0 bridgehead atoms. The van der Waals surface area contributed by atoms with Crippen molar-refractivity contribution >= 4 is 33.3 Å². The van der Waals surface area contributed by atoms with Crippen molar-refractivity contribution in [3.63, 3.8) is 0 Å². The summed E-state index contributed by atoms with van der Waals surface area (Å²) >= 11 is 1.76. The average molecular weight is 300 g/mol. The summed E-state index contributed by atoms with van der Waals surface area (Å²) in [6.45, 7) is 1.39. The highest BCUT2D eigenvalue weighted by molar-refractivity contribution is 7.17. The van der Waals surface area contributed by atoms with Crippen molar-refractivity contribution in [2.24, 2.45) is 0 Å². The fraction of sp³-hybridized carbons (Fsp3) is 0.214. The molecule has 0 amide bonds. The number of anilines is 2. The lowest BCUT2D eigenvalue weighted by Gasteiger charge is -2.15. The minimum Gasteiger partial charge on any atom is -0.368 e. The van der Waals surface area contributed by atoms with Crippen LogP contribution in [0.4, 0.5) is 11.9 Å². The van der Waals surface area contributed by atoms with E-state index in [-0.39, 0.29) is 11.9 Å². The zero-order valence-electron chi connectivity index (χ0n) is 11.7. The Morgan fingerprint density at radius 1 is 1.05 bits per heavy atom. The van der Waals surface area contributed by atoms with Crippen molar-refractivity contribution in [1.82, 2.24) is 19.9 Å². The SMILES string of the molecule is CN(Cc1nc(N)nc(N)n1)Cc1csc2ccccc12. The summed E-state index contributed by atoms with van der Waals surface area (Å²) in [4.78, 5) is 14.1. The fourth-order valence-electron chi connectivity index (χ4n) is 2.27. The monoisotopic (exact) mass is 300 g/mol. The first-order valence-electron chi connectivity index (χ1n) is 6.51. The number of hydrogen-bond donors (Lipinski definition) is 2. The van der Waals surface area contributed by atoms with Gasteiger partial charge in [-0.05, 0) is 29.4 Å². The summed E-state index contributed by atoms with van der Waals surface area (Å²) in [5.74, 6) is 0.904. The number of benzene rings is 1. The Labute approximate surface area is 126 Å². The summed E-state index contributed by atoms with van der Waals surface area (Å²) in [7, 11) is 2.02. The van der Waals surface area contributed by atoms with Crippen LogP contribution in [0.1, 0.15) is 11.4 Å². The third kappa shape index (κ3) is 3.09. The topological polar surface area (TPSA) is 94.0 Å². The van der Waals surface area contributed by atoms with Crippen LogP contribution >= 0.6 is 11.3 Å². The Bertz CT molecular complexity index is 749. The van der Waals surface area contributed by atoms with Gasteiger partial charge in [0, 0.05) is 11.2 Å². The van der Waals surface area contributed by atoms with E-state index < -0.39 is 0 Å². The van der Waals surface area contributed by atoms with E-state index in [1.165, 1.54) is 15.6 Å². The van der Waals surface area contributed by atoms with Gasteiger partial charge in [-0.25, -0.2) is 0 Å². The van der Waals surface area contributed by atoms with E-state index in [1.807, 2.05) is 7.05 Å². The van der Waals surface area contributed by atoms with Crippen LogP contribution < -0.4 is 11.5 Å². The molecular formula is C14H16N6S. The Hall–Kier alpha value is -2.25. The second-order valence-electron chi connectivity index (χ2n) is 4.90. The van der Waals surface area contributed by atoms with Crippen molar-refractivity contribution in [1.29, 1.82) is 0 Å². The van der Waals surface area contributed by atoms with Gasteiger partial charge in [-0.15, -0.1) is 11.3 Å². The van der Waals surface area contributed by atoms with E-state index in [2.05, 4.69) is 49.5 Å². The summed E-state index contributed by atoms with van der Waals surface area (Å²) in [5, 5.41) is 3.49. The van der Waals surface area contributed by atoms with Crippen molar-refractivity contribution < 1.29 is 0 Å². The van der Waals surface area contributed by atoms with Crippen LogP contribution in [0.25, 0.3) is 10.1 Å². The molecule has 0 aliphatic rings. The summed E-state index contributed by atoms with van der Waals surface area (Å²) in [6.07, 6.45) is 0. The number of nitrogens with zero attached hydrogens (tertiary/aromatic N) is 4. The Kier molecular flexibility index (Phi) is 3.68. The molecule has 3 aromatic rings. The van der Waals surface area contributed by atoms with E-state index in [1.54, 1.807) is 11.3 Å². The van der Waals surface area contributed by atoms with Crippen LogP contribution in [0, 0.1) is 0 Å². The minimum atomic E-state index is 0.159. The maximum absolute atomic E-state index is 5.59. The molecule has 0 saturated heterocycles. The number of nitrogen functional groups attached to an aromatic ring is 2. The molecule has 4 N–H and O–H groups in total. The van der Waals surface area contributed by atoms with Gasteiger partial charge in [0.1, 0.15) is 5.82 Å². The molecule has 2 aromatic heterocycles. The van der Waals surface area contributed by atoms with Gasteiger partial charge in [0.25, 0.3) is 0 Å². The summed E-state index contributed by atoms with van der Waals surface area (Å²) in [6, 6.07) is 8.40. The maximum atomic E-state index is 5.59. The maximum Gasteiger partial charge on any atom is 0.225 e. The van der Waals surface area contributed by atoms with E-state index >= 15 is 0 Å². The van der Waals surface area contributed by atoms with Crippen LogP contribution in [0.3, 0.4) is 0 Å². The quantitative estimate of drug-likeness (QED) is 0.764. The largest absolute Gasteiger partial charge is 0.368 e. The van der Waals surface area contributed by atoms with E-state index in [0.717, 1.165) is 6.54 Å². The van der Waals surface area contributed by atoms with Gasteiger partial charge in [-0.1, -0.05) is 18.2 Å². The molecule has 0 aliphatic carbocycles. The van der Waals surface area contributed by atoms with Gasteiger partial charge in [0.05, 0.1) is 6.54 Å². The Morgan fingerprint density at radius 2 is 1.76 bits per heavy atom. The van der Waals surface area contributed by atoms with Crippen molar-refractivity contribution in [3.05, 3.63) is 41.0 Å². The minimum absolute atomic E-state index is 0.159. The Balaban J connectivity index is 1.75. The van der Waals surface area contributed by atoms with Crippen molar-refractivity contribution in [2.75, 3.05) is 18.5 Å². The first kappa shape index (κ1) is 13.7. The van der Waals surface area contributed by atoms with E-state index in [4.69, 9.17) is 11.5 Å². The predicted molar refractivity (Wildman–Crippen MR) is 85.6 cm³/mol. The summed E-state index contributed by atoms with van der Waals surface area (Å²) < 4.78 is 1.30. The molecule has 0 aliphatic heterocycles. The molecule has 0 fully saturated rings. The number of rotatable bonds is 4. The number of nitrogens with two attached hydrogens (primary N) is 2. The second-order valence-corrected chi connectivity index (χ2v) is 5.81. The van der Waals surface area contributed by atoms with E-state index in [9.17, 15) is 0 Å². The van der Waals surface area contributed by atoms with Crippen LogP contribution in [-0.4, -0.2) is 26.9 Å². The lowest BCUT2D eigenvalue weighted by Crippen LogP contribution is -2.20. The number of fused-ring (bicyclic) bond motifs is 1. The van der Waals surface area contributed by atoms with Crippen LogP contribution in [0.2, 0.25) is 0 Å². The molecule has 0 unspecified atom stereocenters. The highest BCUT2D eigenvalue weighted by atomic mass is 32.1. The molecular weight excluding hydrogens is 284 g/mol. The van der Waals surface area contributed by atoms with Gasteiger partial charge >= 0.3 is 0 Å². The number of thiophene rings is 1. The third-order valence-electron chi connectivity index (χ3n) is 3.13. The molecule has 0 spiro atoms. The first-order valence-corrected chi connectivity index (χ1v) is 7.39. The third-order valence-corrected chi connectivity index (χ3v) is 4.14. The molecule has 21 heavy (non-hydrogen) atoms. The van der Waals surface area contributed by atoms with Gasteiger partial charge in [0.2, 0.25) is 11.9 Å². The zero-order chi connectivity index (χ0) is 14.8. The lowest BCUT2D eigenvalue weighted by molar-refractivity contribution is 0.312.